The van der Waals surface area contributed by atoms with E-state index in [1.807, 2.05) is 0 Å². The molecular formula is C9H12Cl2F3N3. The molecule has 0 saturated carbocycles. The smallest absolute Gasteiger partial charge is 0.389 e. The number of allylic oxidation sites excluding steroid dienone is 1. The summed E-state index contributed by atoms with van der Waals surface area (Å²) in [6.07, 6.45) is -2.95. The fourth-order valence-electron chi connectivity index (χ4n) is 1.69. The van der Waals surface area contributed by atoms with E-state index in [1.54, 1.807) is 0 Å². The van der Waals surface area contributed by atoms with Crippen LogP contribution in [0.4, 0.5) is 13.2 Å². The van der Waals surface area contributed by atoms with E-state index in [0.717, 1.165) is 0 Å². The summed E-state index contributed by atoms with van der Waals surface area (Å²) in [4.78, 5) is 1.43. The number of hydrogen-bond donors (Lipinski definition) is 2. The fraction of sp³-hybridized carbons (Fsp3) is 0.556. The van der Waals surface area contributed by atoms with Gasteiger partial charge in [0.1, 0.15) is 10.3 Å². The Morgan fingerprint density at radius 1 is 1.29 bits per heavy atom. The van der Waals surface area contributed by atoms with Crippen LogP contribution in [0, 0.1) is 5.92 Å². The Labute approximate surface area is 107 Å². The zero-order valence-electron chi connectivity index (χ0n) is 8.77. The molecule has 1 saturated heterocycles. The zero-order chi connectivity index (χ0) is 13.2. The first-order valence-corrected chi connectivity index (χ1v) is 5.57. The summed E-state index contributed by atoms with van der Waals surface area (Å²) < 4.78 is 37.5. The van der Waals surface area contributed by atoms with E-state index < -0.39 is 12.1 Å². The number of hydrogen-bond acceptors (Lipinski definition) is 3. The molecule has 1 rings (SSSR count). The van der Waals surface area contributed by atoms with Crippen LogP contribution in [0.25, 0.3) is 0 Å². The molecular weight excluding hydrogens is 278 g/mol. The summed E-state index contributed by atoms with van der Waals surface area (Å²) in [6, 6.07) is 0. The number of alkyl halides is 3. The van der Waals surface area contributed by atoms with Crippen LogP contribution in [0.2, 0.25) is 0 Å². The molecule has 0 aromatic heterocycles. The van der Waals surface area contributed by atoms with Gasteiger partial charge in [0, 0.05) is 13.1 Å². The van der Waals surface area contributed by atoms with Gasteiger partial charge in [-0.15, -0.1) is 0 Å². The van der Waals surface area contributed by atoms with E-state index in [9.17, 15) is 13.2 Å². The molecule has 1 fully saturated rings. The maximum Gasteiger partial charge on any atom is 0.393 e. The van der Waals surface area contributed by atoms with E-state index in [2.05, 4.69) is 0 Å². The Balaban J connectivity index is 2.83. The maximum atomic E-state index is 12.5. The molecule has 1 heterocycles. The summed E-state index contributed by atoms with van der Waals surface area (Å²) in [5.41, 5.74) is 10.9. The third-order valence-electron chi connectivity index (χ3n) is 2.51. The van der Waals surface area contributed by atoms with Gasteiger partial charge in [-0.1, -0.05) is 23.2 Å². The highest BCUT2D eigenvalue weighted by Gasteiger charge is 2.44. The molecule has 1 aliphatic rings. The maximum absolute atomic E-state index is 12.5. The molecule has 1 unspecified atom stereocenters. The van der Waals surface area contributed by atoms with Gasteiger partial charge in [0.25, 0.3) is 0 Å². The third-order valence-corrected chi connectivity index (χ3v) is 2.81. The highest BCUT2D eigenvalue weighted by Crippen LogP contribution is 2.35. The van der Waals surface area contributed by atoms with Crippen molar-refractivity contribution in [2.24, 2.45) is 17.4 Å². The normalized spacial score (nSPS) is 23.9. The van der Waals surface area contributed by atoms with Gasteiger partial charge >= 0.3 is 6.18 Å². The summed E-state index contributed by atoms with van der Waals surface area (Å²) in [5, 5.41) is -0.213. The molecule has 4 N–H and O–H groups in total. The van der Waals surface area contributed by atoms with Crippen molar-refractivity contribution in [2.45, 2.75) is 12.6 Å². The number of rotatable bonds is 2. The van der Waals surface area contributed by atoms with E-state index in [1.165, 1.54) is 11.0 Å². The van der Waals surface area contributed by atoms with Gasteiger partial charge in [-0.05, 0) is 12.5 Å². The van der Waals surface area contributed by atoms with Crippen molar-refractivity contribution in [3.63, 3.8) is 0 Å². The zero-order valence-corrected chi connectivity index (χ0v) is 10.3. The number of nitrogens with two attached hydrogens (primary N) is 2. The molecule has 17 heavy (non-hydrogen) atoms. The lowest BCUT2D eigenvalue weighted by Gasteiger charge is -2.21. The van der Waals surface area contributed by atoms with Crippen LogP contribution in [0.1, 0.15) is 6.42 Å². The fourth-order valence-corrected chi connectivity index (χ4v) is 1.97. The summed E-state index contributed by atoms with van der Waals surface area (Å²) >= 11 is 11.1. The summed E-state index contributed by atoms with van der Waals surface area (Å²) in [5.74, 6) is -1.38. The van der Waals surface area contributed by atoms with Crippen molar-refractivity contribution < 1.29 is 13.2 Å². The van der Waals surface area contributed by atoms with Gasteiger partial charge in [0.15, 0.2) is 0 Å². The molecule has 0 spiro atoms. The molecule has 0 amide bonds. The monoisotopic (exact) mass is 289 g/mol. The minimum absolute atomic E-state index is 0.00714. The molecule has 98 valence electrons. The topological polar surface area (TPSA) is 55.3 Å². The second kappa shape index (κ2) is 5.27. The molecule has 0 bridgehead atoms. The molecule has 0 radical (unpaired) electrons. The van der Waals surface area contributed by atoms with Gasteiger partial charge in [-0.2, -0.15) is 13.2 Å². The average Bonchev–Trinajstić information content (AvgIpc) is 2.60. The largest absolute Gasteiger partial charge is 0.393 e. The minimum atomic E-state index is -4.21. The highest BCUT2D eigenvalue weighted by molar-refractivity contribution is 6.30. The molecule has 1 atom stereocenters. The van der Waals surface area contributed by atoms with Crippen molar-refractivity contribution >= 4 is 23.2 Å². The lowest BCUT2D eigenvalue weighted by atomic mass is 10.1. The molecule has 8 heteroatoms. The van der Waals surface area contributed by atoms with Crippen LogP contribution in [0.15, 0.2) is 22.1 Å². The van der Waals surface area contributed by atoms with E-state index in [4.69, 9.17) is 34.7 Å². The van der Waals surface area contributed by atoms with Gasteiger partial charge in [-0.25, -0.2) is 0 Å². The van der Waals surface area contributed by atoms with Gasteiger partial charge in [0.2, 0.25) is 0 Å². The Hall–Kier alpha value is -0.750. The van der Waals surface area contributed by atoms with Crippen molar-refractivity contribution in [2.75, 3.05) is 13.1 Å². The third kappa shape index (κ3) is 3.89. The second-order valence-corrected chi connectivity index (χ2v) is 4.58. The van der Waals surface area contributed by atoms with Crippen LogP contribution < -0.4 is 11.5 Å². The van der Waals surface area contributed by atoms with Crippen molar-refractivity contribution in [1.29, 1.82) is 0 Å². The Bertz CT molecular complexity index is 344. The van der Waals surface area contributed by atoms with Crippen LogP contribution >= 0.6 is 23.2 Å². The molecule has 0 aromatic rings. The quantitative estimate of drug-likeness (QED) is 0.606. The van der Waals surface area contributed by atoms with Gasteiger partial charge in [0.05, 0.1) is 11.6 Å². The highest BCUT2D eigenvalue weighted by atomic mass is 35.5. The van der Waals surface area contributed by atoms with Gasteiger partial charge < -0.3 is 16.4 Å². The molecule has 3 nitrogen and oxygen atoms in total. The van der Waals surface area contributed by atoms with E-state index in [-0.39, 0.29) is 35.5 Å². The molecule has 0 aliphatic carbocycles. The van der Waals surface area contributed by atoms with Crippen molar-refractivity contribution in [1.82, 2.24) is 4.90 Å². The van der Waals surface area contributed by atoms with E-state index >= 15 is 0 Å². The Morgan fingerprint density at radius 2 is 1.88 bits per heavy atom. The van der Waals surface area contributed by atoms with Crippen LogP contribution in [-0.2, 0) is 0 Å². The van der Waals surface area contributed by atoms with E-state index in [0.29, 0.717) is 0 Å². The number of likely N-dealkylation sites (tertiary alicyclic amines) is 1. The minimum Gasteiger partial charge on any atom is -0.389 e. The van der Waals surface area contributed by atoms with Crippen LogP contribution in [0.5, 0.6) is 0 Å². The number of nitrogens with zero attached hydrogens (tertiary/aromatic N) is 1. The van der Waals surface area contributed by atoms with Crippen molar-refractivity contribution in [3.05, 3.63) is 22.1 Å². The summed E-state index contributed by atoms with van der Waals surface area (Å²) in [6.45, 7) is 0.0283. The summed E-state index contributed by atoms with van der Waals surface area (Å²) in [7, 11) is 0. The SMILES string of the molecule is N/C(Cl)=C(\C=C(/N)Cl)N1CCC(C(F)(F)F)C1. The molecule has 0 aromatic carbocycles. The van der Waals surface area contributed by atoms with Crippen LogP contribution in [-0.4, -0.2) is 24.2 Å². The molecule has 1 aliphatic heterocycles. The van der Waals surface area contributed by atoms with Crippen LogP contribution in [0.3, 0.4) is 0 Å². The lowest BCUT2D eigenvalue weighted by molar-refractivity contribution is -0.170. The first-order chi connectivity index (χ1) is 7.71. The Kier molecular flexibility index (Phi) is 4.43. The van der Waals surface area contributed by atoms with Crippen molar-refractivity contribution in [3.8, 4) is 0 Å². The first kappa shape index (κ1) is 14.3. The predicted octanol–water partition coefficient (Wildman–Crippen LogP) is 2.28. The Morgan fingerprint density at radius 3 is 2.24 bits per heavy atom. The second-order valence-electron chi connectivity index (χ2n) is 3.74. The van der Waals surface area contributed by atoms with Gasteiger partial charge in [-0.3, -0.25) is 0 Å². The lowest BCUT2D eigenvalue weighted by Crippen LogP contribution is -2.28. The standard InChI is InChI=1S/C9H12Cl2F3N3/c10-7(15)3-6(8(11)16)17-2-1-5(4-17)9(12,13)14/h3,5H,1-2,4,15-16H2/b7-3-,8-6+. The first-order valence-electron chi connectivity index (χ1n) is 4.81. The average molecular weight is 290 g/mol. The predicted molar refractivity (Wildman–Crippen MR) is 60.9 cm³/mol. The number of halogens is 5.